The Morgan fingerprint density at radius 3 is 2.65 bits per heavy atom. The lowest BCUT2D eigenvalue weighted by Gasteiger charge is -2.23. The van der Waals surface area contributed by atoms with E-state index in [4.69, 9.17) is 0 Å². The Hall–Kier alpha value is -2.21. The number of carbonyl (C=O) groups is 1. The van der Waals surface area contributed by atoms with Crippen LogP contribution in [0.3, 0.4) is 0 Å². The van der Waals surface area contributed by atoms with E-state index in [2.05, 4.69) is 27.9 Å². The third-order valence-corrected chi connectivity index (χ3v) is 4.56. The quantitative estimate of drug-likeness (QED) is 0.912. The SMILES string of the molecule is Cc1ccc(NC(=O)c2nnn(C3CCNCC3)c2C)cc1C. The molecule has 0 aliphatic carbocycles. The molecule has 6 nitrogen and oxygen atoms in total. The second kappa shape index (κ2) is 6.50. The summed E-state index contributed by atoms with van der Waals surface area (Å²) in [6.07, 6.45) is 2.03. The normalized spacial score (nSPS) is 15.6. The molecule has 0 atom stereocenters. The minimum absolute atomic E-state index is 0.203. The van der Waals surface area contributed by atoms with Crippen molar-refractivity contribution in [2.24, 2.45) is 0 Å². The van der Waals surface area contributed by atoms with Crippen molar-refractivity contribution in [1.82, 2.24) is 20.3 Å². The van der Waals surface area contributed by atoms with Crippen LogP contribution < -0.4 is 10.6 Å². The molecule has 1 fully saturated rings. The van der Waals surface area contributed by atoms with Crippen LogP contribution in [0.2, 0.25) is 0 Å². The molecule has 1 saturated heterocycles. The summed E-state index contributed by atoms with van der Waals surface area (Å²) in [4.78, 5) is 12.5. The number of hydrogen-bond acceptors (Lipinski definition) is 4. The first-order valence-electron chi connectivity index (χ1n) is 8.07. The van der Waals surface area contributed by atoms with E-state index in [1.807, 2.05) is 36.7 Å². The summed E-state index contributed by atoms with van der Waals surface area (Å²) < 4.78 is 1.90. The van der Waals surface area contributed by atoms with Crippen molar-refractivity contribution in [3.05, 3.63) is 40.7 Å². The maximum absolute atomic E-state index is 12.5. The molecule has 6 heteroatoms. The van der Waals surface area contributed by atoms with Crippen molar-refractivity contribution in [2.45, 2.75) is 39.7 Å². The summed E-state index contributed by atoms with van der Waals surface area (Å²) >= 11 is 0. The number of nitrogens with zero attached hydrogens (tertiary/aromatic N) is 3. The van der Waals surface area contributed by atoms with Crippen molar-refractivity contribution >= 4 is 11.6 Å². The lowest BCUT2D eigenvalue weighted by Crippen LogP contribution is -2.30. The van der Waals surface area contributed by atoms with Gasteiger partial charge in [-0.25, -0.2) is 4.68 Å². The molecule has 23 heavy (non-hydrogen) atoms. The number of aromatic nitrogens is 3. The number of benzene rings is 1. The molecule has 2 heterocycles. The van der Waals surface area contributed by atoms with Crippen LogP contribution in [0.5, 0.6) is 0 Å². The first-order chi connectivity index (χ1) is 11.1. The van der Waals surface area contributed by atoms with Gasteiger partial charge in [0, 0.05) is 5.69 Å². The van der Waals surface area contributed by atoms with Crippen molar-refractivity contribution < 1.29 is 4.79 Å². The second-order valence-electron chi connectivity index (χ2n) is 6.20. The number of carbonyl (C=O) groups excluding carboxylic acids is 1. The second-order valence-corrected chi connectivity index (χ2v) is 6.20. The number of hydrogen-bond donors (Lipinski definition) is 2. The summed E-state index contributed by atoms with van der Waals surface area (Å²) in [5.74, 6) is -0.203. The van der Waals surface area contributed by atoms with Gasteiger partial charge in [-0.05, 0) is 70.0 Å². The predicted molar refractivity (Wildman–Crippen MR) is 89.8 cm³/mol. The van der Waals surface area contributed by atoms with Gasteiger partial charge in [-0.15, -0.1) is 5.10 Å². The Labute approximate surface area is 136 Å². The van der Waals surface area contributed by atoms with E-state index in [1.165, 1.54) is 5.56 Å². The number of aryl methyl sites for hydroxylation is 2. The van der Waals surface area contributed by atoms with Gasteiger partial charge in [-0.3, -0.25) is 4.79 Å². The van der Waals surface area contributed by atoms with Crippen LogP contribution in [0.15, 0.2) is 18.2 Å². The van der Waals surface area contributed by atoms with Gasteiger partial charge in [0.25, 0.3) is 5.91 Å². The Morgan fingerprint density at radius 1 is 1.22 bits per heavy atom. The van der Waals surface area contributed by atoms with Crippen LogP contribution in [-0.2, 0) is 0 Å². The number of anilines is 1. The molecule has 1 aromatic carbocycles. The molecule has 2 N–H and O–H groups in total. The molecule has 122 valence electrons. The molecule has 2 aromatic rings. The highest BCUT2D eigenvalue weighted by molar-refractivity contribution is 6.03. The van der Waals surface area contributed by atoms with Crippen molar-refractivity contribution in [2.75, 3.05) is 18.4 Å². The highest BCUT2D eigenvalue weighted by atomic mass is 16.2. The Bertz CT molecular complexity index is 716. The minimum Gasteiger partial charge on any atom is -0.321 e. The molecule has 0 unspecified atom stereocenters. The Morgan fingerprint density at radius 2 is 1.96 bits per heavy atom. The first-order valence-corrected chi connectivity index (χ1v) is 8.07. The predicted octanol–water partition coefficient (Wildman–Crippen LogP) is 2.38. The van der Waals surface area contributed by atoms with E-state index in [0.717, 1.165) is 42.9 Å². The fourth-order valence-corrected chi connectivity index (χ4v) is 2.96. The van der Waals surface area contributed by atoms with Crippen LogP contribution in [0.1, 0.15) is 46.2 Å². The summed E-state index contributed by atoms with van der Waals surface area (Å²) in [5, 5.41) is 14.6. The molecular formula is C17H23N5O. The van der Waals surface area contributed by atoms with E-state index in [9.17, 15) is 4.79 Å². The Balaban J connectivity index is 1.77. The van der Waals surface area contributed by atoms with Gasteiger partial charge in [0.1, 0.15) is 0 Å². The molecule has 3 rings (SSSR count). The third-order valence-electron chi connectivity index (χ3n) is 4.56. The third kappa shape index (κ3) is 3.27. The van der Waals surface area contributed by atoms with Crippen molar-refractivity contribution in [3.63, 3.8) is 0 Å². The van der Waals surface area contributed by atoms with Crippen LogP contribution in [-0.4, -0.2) is 34.0 Å². The average molecular weight is 313 g/mol. The molecule has 0 saturated carbocycles. The summed E-state index contributed by atoms with van der Waals surface area (Å²) in [7, 11) is 0. The monoisotopic (exact) mass is 313 g/mol. The maximum atomic E-state index is 12.5. The number of nitrogens with one attached hydrogen (secondary N) is 2. The zero-order valence-corrected chi connectivity index (χ0v) is 13.9. The summed E-state index contributed by atoms with van der Waals surface area (Å²) in [5.41, 5.74) is 4.38. The van der Waals surface area contributed by atoms with Gasteiger partial charge in [0.05, 0.1) is 11.7 Å². The average Bonchev–Trinajstić information content (AvgIpc) is 2.93. The van der Waals surface area contributed by atoms with Gasteiger partial charge in [-0.1, -0.05) is 11.3 Å². The van der Waals surface area contributed by atoms with Gasteiger partial charge in [-0.2, -0.15) is 0 Å². The number of piperidine rings is 1. The number of amides is 1. The molecular weight excluding hydrogens is 290 g/mol. The molecule has 1 aliphatic rings. The lowest BCUT2D eigenvalue weighted by atomic mass is 10.1. The van der Waals surface area contributed by atoms with Gasteiger partial charge < -0.3 is 10.6 Å². The van der Waals surface area contributed by atoms with Crippen LogP contribution in [0.4, 0.5) is 5.69 Å². The smallest absolute Gasteiger partial charge is 0.278 e. The molecule has 0 bridgehead atoms. The number of rotatable bonds is 3. The van der Waals surface area contributed by atoms with Crippen LogP contribution in [0, 0.1) is 20.8 Å². The van der Waals surface area contributed by atoms with E-state index in [0.29, 0.717) is 11.7 Å². The summed E-state index contributed by atoms with van der Waals surface area (Å²) in [6, 6.07) is 6.21. The molecule has 0 radical (unpaired) electrons. The van der Waals surface area contributed by atoms with Gasteiger partial charge in [0.2, 0.25) is 0 Å². The van der Waals surface area contributed by atoms with E-state index in [-0.39, 0.29) is 5.91 Å². The molecule has 1 aliphatic heterocycles. The largest absolute Gasteiger partial charge is 0.321 e. The fraction of sp³-hybridized carbons (Fsp3) is 0.471. The molecule has 1 aromatic heterocycles. The van der Waals surface area contributed by atoms with Crippen LogP contribution in [0.25, 0.3) is 0 Å². The maximum Gasteiger partial charge on any atom is 0.278 e. The van der Waals surface area contributed by atoms with E-state index < -0.39 is 0 Å². The topological polar surface area (TPSA) is 71.8 Å². The molecule has 1 amide bonds. The summed E-state index contributed by atoms with van der Waals surface area (Å²) in [6.45, 7) is 7.96. The van der Waals surface area contributed by atoms with Gasteiger partial charge >= 0.3 is 0 Å². The standard InChI is InChI=1S/C17H23N5O/c1-11-4-5-14(10-12(11)2)19-17(23)16-13(3)22(21-20-16)15-6-8-18-9-7-15/h4-5,10,15,18H,6-9H2,1-3H3,(H,19,23). The minimum atomic E-state index is -0.203. The highest BCUT2D eigenvalue weighted by Crippen LogP contribution is 2.21. The molecule has 0 spiro atoms. The lowest BCUT2D eigenvalue weighted by molar-refractivity contribution is 0.102. The van der Waals surface area contributed by atoms with Crippen molar-refractivity contribution in [3.8, 4) is 0 Å². The van der Waals surface area contributed by atoms with Gasteiger partial charge in [0.15, 0.2) is 5.69 Å². The zero-order valence-electron chi connectivity index (χ0n) is 13.9. The van der Waals surface area contributed by atoms with Crippen LogP contribution >= 0.6 is 0 Å². The first kappa shape index (κ1) is 15.7. The van der Waals surface area contributed by atoms with E-state index >= 15 is 0 Å². The Kier molecular flexibility index (Phi) is 4.43. The zero-order chi connectivity index (χ0) is 16.4. The van der Waals surface area contributed by atoms with Crippen molar-refractivity contribution in [1.29, 1.82) is 0 Å². The fourth-order valence-electron chi connectivity index (χ4n) is 2.96. The highest BCUT2D eigenvalue weighted by Gasteiger charge is 2.22. The van der Waals surface area contributed by atoms with E-state index in [1.54, 1.807) is 0 Å².